The van der Waals surface area contributed by atoms with Gasteiger partial charge in [0, 0.05) is 0 Å². The fraction of sp³-hybridized carbons (Fsp3) is 0.190. The predicted octanol–water partition coefficient (Wildman–Crippen LogP) is 5.80. The normalized spacial score (nSPS) is 12.3. The van der Waals surface area contributed by atoms with E-state index >= 15 is 0 Å². The first-order valence-corrected chi connectivity index (χ1v) is 8.76. The monoisotopic (exact) mass is 380 g/mol. The lowest BCUT2D eigenvalue weighted by atomic mass is 9.92. The van der Waals surface area contributed by atoms with Crippen molar-refractivity contribution < 1.29 is 9.53 Å². The summed E-state index contributed by atoms with van der Waals surface area (Å²) in [6, 6.07) is 19.1. The predicted molar refractivity (Wildman–Crippen MR) is 103 cm³/mol. The lowest BCUT2D eigenvalue weighted by Gasteiger charge is -2.17. The molecule has 0 heterocycles. The van der Waals surface area contributed by atoms with E-state index in [1.54, 1.807) is 13.8 Å². The summed E-state index contributed by atoms with van der Waals surface area (Å²) < 4.78 is 4.83. The van der Waals surface area contributed by atoms with Crippen molar-refractivity contribution in [2.75, 3.05) is 0 Å². The van der Waals surface area contributed by atoms with E-state index < -0.39 is 4.32 Å². The molecule has 0 saturated heterocycles. The van der Waals surface area contributed by atoms with Gasteiger partial charge in [-0.05, 0) is 51.7 Å². The van der Waals surface area contributed by atoms with Crippen LogP contribution >= 0.6 is 15.9 Å². The molecular weight excluding hydrogens is 364 g/mol. The van der Waals surface area contributed by atoms with Crippen molar-refractivity contribution >= 4 is 54.2 Å². The quantitative estimate of drug-likeness (QED) is 0.255. The zero-order valence-electron chi connectivity index (χ0n) is 13.6. The van der Waals surface area contributed by atoms with Gasteiger partial charge in [-0.25, -0.2) is 0 Å². The van der Waals surface area contributed by atoms with Crippen LogP contribution in [0.1, 0.15) is 19.4 Å². The third-order valence-electron chi connectivity index (χ3n) is 4.46. The number of esters is 1. The number of rotatable bonds is 3. The molecule has 3 heteroatoms. The van der Waals surface area contributed by atoms with Gasteiger partial charge in [-0.3, -0.25) is 4.79 Å². The second-order valence-electron chi connectivity index (χ2n) is 6.63. The molecule has 0 radical (unpaired) electrons. The molecule has 0 fully saturated rings. The molecule has 4 aromatic carbocycles. The van der Waals surface area contributed by atoms with E-state index in [-0.39, 0.29) is 12.6 Å². The van der Waals surface area contributed by atoms with E-state index in [1.165, 1.54) is 26.9 Å². The Morgan fingerprint density at radius 1 is 0.917 bits per heavy atom. The number of benzene rings is 4. The topological polar surface area (TPSA) is 26.3 Å². The SMILES string of the molecule is CC(C)(Br)C(=O)OCc1ccc2ccc3cccc4ccc1c2c34. The minimum atomic E-state index is -0.670. The van der Waals surface area contributed by atoms with Crippen LogP contribution in [0.4, 0.5) is 0 Å². The highest BCUT2D eigenvalue weighted by molar-refractivity contribution is 9.10. The summed E-state index contributed by atoms with van der Waals surface area (Å²) in [5.74, 6) is -0.256. The van der Waals surface area contributed by atoms with Crippen LogP contribution in [0.3, 0.4) is 0 Å². The number of carbonyl (C=O) groups excluding carboxylic acids is 1. The van der Waals surface area contributed by atoms with Gasteiger partial charge in [0.05, 0.1) is 0 Å². The van der Waals surface area contributed by atoms with E-state index in [4.69, 9.17) is 4.74 Å². The van der Waals surface area contributed by atoms with Crippen molar-refractivity contribution in [1.29, 1.82) is 0 Å². The number of alkyl halides is 1. The Kier molecular flexibility index (Phi) is 3.50. The number of ether oxygens (including phenoxy) is 1. The summed E-state index contributed by atoms with van der Waals surface area (Å²) in [5.41, 5.74) is 1.03. The summed E-state index contributed by atoms with van der Waals surface area (Å²) in [5, 5.41) is 7.36. The van der Waals surface area contributed by atoms with Crippen LogP contribution in [-0.4, -0.2) is 10.3 Å². The van der Waals surface area contributed by atoms with Crippen molar-refractivity contribution in [2.45, 2.75) is 24.8 Å². The second kappa shape index (κ2) is 5.45. The van der Waals surface area contributed by atoms with Crippen LogP contribution in [0.15, 0.2) is 54.6 Å². The molecule has 0 aliphatic heterocycles. The molecule has 0 bridgehead atoms. The van der Waals surface area contributed by atoms with Crippen LogP contribution in [-0.2, 0) is 16.1 Å². The maximum Gasteiger partial charge on any atom is 0.322 e. The Labute approximate surface area is 148 Å². The maximum absolute atomic E-state index is 12.0. The molecule has 0 aliphatic rings. The second-order valence-corrected chi connectivity index (χ2v) is 8.61. The first kappa shape index (κ1) is 15.4. The zero-order chi connectivity index (χ0) is 16.9. The summed E-state index contributed by atoms with van der Waals surface area (Å²) in [6.07, 6.45) is 0. The van der Waals surface area contributed by atoms with Crippen LogP contribution < -0.4 is 0 Å². The third-order valence-corrected chi connectivity index (χ3v) is 4.79. The van der Waals surface area contributed by atoms with Crippen LogP contribution in [0.2, 0.25) is 0 Å². The lowest BCUT2D eigenvalue weighted by Crippen LogP contribution is -2.26. The van der Waals surface area contributed by atoms with Crippen molar-refractivity contribution in [3.05, 3.63) is 60.2 Å². The van der Waals surface area contributed by atoms with Gasteiger partial charge in [-0.2, -0.15) is 0 Å². The first-order chi connectivity index (χ1) is 11.4. The van der Waals surface area contributed by atoms with Crippen molar-refractivity contribution in [1.82, 2.24) is 0 Å². The Morgan fingerprint density at radius 2 is 1.50 bits per heavy atom. The summed E-state index contributed by atoms with van der Waals surface area (Å²) in [4.78, 5) is 12.0. The molecule has 0 atom stereocenters. The third kappa shape index (κ3) is 2.44. The standard InChI is InChI=1S/C21H17BrO2/c1-21(2,22)20(23)24-12-16-9-8-15-7-6-13-4-3-5-14-10-11-17(16)19(15)18(13)14/h3-11H,12H2,1-2H3. The van der Waals surface area contributed by atoms with Gasteiger partial charge in [-0.1, -0.05) is 70.5 Å². The fourth-order valence-electron chi connectivity index (χ4n) is 3.24. The Morgan fingerprint density at radius 3 is 2.17 bits per heavy atom. The minimum Gasteiger partial charge on any atom is -0.460 e. The summed E-state index contributed by atoms with van der Waals surface area (Å²) in [7, 11) is 0. The summed E-state index contributed by atoms with van der Waals surface area (Å²) >= 11 is 3.35. The van der Waals surface area contributed by atoms with Crippen molar-refractivity contribution in [3.63, 3.8) is 0 Å². The zero-order valence-corrected chi connectivity index (χ0v) is 15.2. The van der Waals surface area contributed by atoms with Gasteiger partial charge in [0.15, 0.2) is 0 Å². The van der Waals surface area contributed by atoms with Gasteiger partial charge < -0.3 is 4.74 Å². The Bertz CT molecular complexity index is 1040. The molecule has 24 heavy (non-hydrogen) atoms. The number of hydrogen-bond donors (Lipinski definition) is 0. The van der Waals surface area contributed by atoms with Gasteiger partial charge in [0.2, 0.25) is 0 Å². The van der Waals surface area contributed by atoms with E-state index in [1.807, 2.05) is 0 Å². The van der Waals surface area contributed by atoms with Crippen LogP contribution in [0.25, 0.3) is 32.3 Å². The van der Waals surface area contributed by atoms with Crippen molar-refractivity contribution in [2.24, 2.45) is 0 Å². The summed E-state index contributed by atoms with van der Waals surface area (Å²) in [6.45, 7) is 3.86. The fourth-order valence-corrected chi connectivity index (χ4v) is 3.35. The molecule has 4 aromatic rings. The Hall–Kier alpha value is -2.13. The average Bonchev–Trinajstić information content (AvgIpc) is 2.57. The van der Waals surface area contributed by atoms with Gasteiger partial charge in [-0.15, -0.1) is 0 Å². The van der Waals surface area contributed by atoms with E-state index in [0.717, 1.165) is 10.9 Å². The highest BCUT2D eigenvalue weighted by Gasteiger charge is 2.25. The van der Waals surface area contributed by atoms with E-state index in [2.05, 4.69) is 70.5 Å². The Balaban J connectivity index is 1.87. The largest absolute Gasteiger partial charge is 0.460 e. The molecule has 4 rings (SSSR count). The molecule has 2 nitrogen and oxygen atoms in total. The highest BCUT2D eigenvalue weighted by Crippen LogP contribution is 2.36. The molecular formula is C21H17BrO2. The number of carbonyl (C=O) groups is 1. The maximum atomic E-state index is 12.0. The molecule has 120 valence electrons. The van der Waals surface area contributed by atoms with E-state index in [0.29, 0.717) is 0 Å². The molecule has 0 N–H and O–H groups in total. The molecule has 0 aliphatic carbocycles. The van der Waals surface area contributed by atoms with Crippen LogP contribution in [0, 0.1) is 0 Å². The molecule has 0 spiro atoms. The smallest absolute Gasteiger partial charge is 0.322 e. The van der Waals surface area contributed by atoms with Gasteiger partial charge in [0.25, 0.3) is 0 Å². The van der Waals surface area contributed by atoms with Gasteiger partial charge >= 0.3 is 5.97 Å². The average molecular weight is 381 g/mol. The van der Waals surface area contributed by atoms with Gasteiger partial charge in [0.1, 0.15) is 10.9 Å². The number of halogens is 1. The molecule has 0 amide bonds. The molecule has 0 aromatic heterocycles. The van der Waals surface area contributed by atoms with E-state index in [9.17, 15) is 4.79 Å². The highest BCUT2D eigenvalue weighted by atomic mass is 79.9. The first-order valence-electron chi connectivity index (χ1n) is 7.97. The number of hydrogen-bond acceptors (Lipinski definition) is 2. The van der Waals surface area contributed by atoms with Crippen molar-refractivity contribution in [3.8, 4) is 0 Å². The van der Waals surface area contributed by atoms with Crippen LogP contribution in [0.5, 0.6) is 0 Å². The molecule has 0 saturated carbocycles. The molecule has 0 unspecified atom stereocenters. The minimum absolute atomic E-state index is 0.256. The lowest BCUT2D eigenvalue weighted by molar-refractivity contribution is -0.146.